The van der Waals surface area contributed by atoms with Crippen LogP contribution in [-0.2, 0) is 7.05 Å². The van der Waals surface area contributed by atoms with Crippen LogP contribution in [0.5, 0.6) is 0 Å². The molecule has 0 saturated carbocycles. The summed E-state index contributed by atoms with van der Waals surface area (Å²) in [7, 11) is 1.77. The average molecular weight is 253 g/mol. The van der Waals surface area contributed by atoms with E-state index in [0.717, 1.165) is 0 Å². The molecule has 0 aliphatic rings. The number of nitrogens with two attached hydrogens (primary N) is 1. The van der Waals surface area contributed by atoms with Crippen LogP contribution in [0.15, 0.2) is 32.3 Å². The van der Waals surface area contributed by atoms with E-state index in [-0.39, 0.29) is 5.84 Å². The zero-order chi connectivity index (χ0) is 12.4. The van der Waals surface area contributed by atoms with Gasteiger partial charge in [0.1, 0.15) is 11.3 Å². The van der Waals surface area contributed by atoms with E-state index in [0.29, 0.717) is 21.5 Å². The van der Waals surface area contributed by atoms with Gasteiger partial charge in [-0.15, -0.1) is 0 Å². The van der Waals surface area contributed by atoms with Crippen molar-refractivity contribution in [2.45, 2.75) is 17.2 Å². The van der Waals surface area contributed by atoms with Crippen molar-refractivity contribution in [1.29, 1.82) is 0 Å². The van der Waals surface area contributed by atoms with Crippen molar-refractivity contribution >= 4 is 17.6 Å². The van der Waals surface area contributed by atoms with Crippen LogP contribution in [0.2, 0.25) is 0 Å². The number of hydrogen-bond donors (Lipinski definition) is 2. The fourth-order valence-corrected chi connectivity index (χ4v) is 2.35. The number of rotatable bonds is 3. The highest BCUT2D eigenvalue weighted by atomic mass is 32.2. The largest absolute Gasteiger partial charge is 0.440 e. The predicted octanol–water partition coefficient (Wildman–Crippen LogP) is 0.962. The Kier molecular flexibility index (Phi) is 3.05. The summed E-state index contributed by atoms with van der Waals surface area (Å²) in [6, 6.07) is 0. The summed E-state index contributed by atoms with van der Waals surface area (Å²) in [5, 5.41) is 17.1. The zero-order valence-corrected chi connectivity index (χ0v) is 10.1. The normalized spacial score (nSPS) is 12.0. The molecule has 0 amide bonds. The van der Waals surface area contributed by atoms with E-state index in [2.05, 4.69) is 15.2 Å². The number of aromatic nitrogens is 3. The molecule has 0 unspecified atom stereocenters. The topological polar surface area (TPSA) is 102 Å². The smallest absolute Gasteiger partial charge is 0.261 e. The van der Waals surface area contributed by atoms with Crippen molar-refractivity contribution < 1.29 is 9.62 Å². The Morgan fingerprint density at radius 3 is 3.00 bits per heavy atom. The lowest BCUT2D eigenvalue weighted by molar-refractivity contribution is 0.318. The van der Waals surface area contributed by atoms with Crippen LogP contribution in [-0.4, -0.2) is 25.8 Å². The van der Waals surface area contributed by atoms with Gasteiger partial charge in [-0.25, -0.2) is 4.98 Å². The number of hydrogen-bond acceptors (Lipinski definition) is 6. The minimum absolute atomic E-state index is 0.0182. The fraction of sp³-hybridized carbons (Fsp3) is 0.222. The third kappa shape index (κ3) is 2.11. The molecule has 0 aliphatic carbocycles. The summed E-state index contributed by atoms with van der Waals surface area (Å²) in [5.41, 5.74) is 6.88. The molecule has 2 rings (SSSR count). The molecule has 2 aromatic rings. The first-order valence-corrected chi connectivity index (χ1v) is 5.54. The van der Waals surface area contributed by atoms with Crippen molar-refractivity contribution in [3.8, 4) is 0 Å². The molecule has 0 aliphatic heterocycles. The van der Waals surface area contributed by atoms with Crippen LogP contribution < -0.4 is 5.73 Å². The van der Waals surface area contributed by atoms with E-state index in [1.54, 1.807) is 24.9 Å². The standard InChI is InChI=1S/C9H11N5O2S/c1-5-6(7(10)13-15)8(14(2)12-5)17-9-11-3-4-16-9/h3-4,15H,1-2H3,(H2,10,13). The molecule has 17 heavy (non-hydrogen) atoms. The van der Waals surface area contributed by atoms with Crippen molar-refractivity contribution in [2.24, 2.45) is 17.9 Å². The van der Waals surface area contributed by atoms with Gasteiger partial charge in [-0.05, 0) is 18.7 Å². The molecule has 0 atom stereocenters. The Morgan fingerprint density at radius 1 is 1.65 bits per heavy atom. The second kappa shape index (κ2) is 4.50. The number of nitrogens with zero attached hydrogens (tertiary/aromatic N) is 4. The van der Waals surface area contributed by atoms with Gasteiger partial charge in [0, 0.05) is 7.05 Å². The monoisotopic (exact) mass is 253 g/mol. The highest BCUT2D eigenvalue weighted by Gasteiger charge is 2.19. The fourth-order valence-electron chi connectivity index (χ4n) is 1.44. The third-order valence-corrected chi connectivity index (χ3v) is 3.17. The van der Waals surface area contributed by atoms with Gasteiger partial charge >= 0.3 is 0 Å². The molecular formula is C9H11N5O2S. The Balaban J connectivity index is 2.45. The minimum atomic E-state index is 0.0182. The quantitative estimate of drug-likeness (QED) is 0.365. The first-order chi connectivity index (χ1) is 8.13. The summed E-state index contributed by atoms with van der Waals surface area (Å²) < 4.78 is 6.77. The van der Waals surface area contributed by atoms with Crippen LogP contribution in [0.4, 0.5) is 0 Å². The van der Waals surface area contributed by atoms with E-state index in [1.165, 1.54) is 18.0 Å². The van der Waals surface area contributed by atoms with E-state index < -0.39 is 0 Å². The molecule has 2 heterocycles. The second-order valence-corrected chi connectivity index (χ2v) is 4.21. The summed E-state index contributed by atoms with van der Waals surface area (Å²) in [6.07, 6.45) is 3.03. The number of oxime groups is 1. The van der Waals surface area contributed by atoms with Gasteiger partial charge in [0.25, 0.3) is 5.22 Å². The van der Waals surface area contributed by atoms with Crippen LogP contribution in [0.25, 0.3) is 0 Å². The van der Waals surface area contributed by atoms with Crippen LogP contribution in [0, 0.1) is 6.92 Å². The average Bonchev–Trinajstić information content (AvgIpc) is 2.88. The first kappa shape index (κ1) is 11.5. The Hall–Kier alpha value is -1.96. The predicted molar refractivity (Wildman–Crippen MR) is 61.1 cm³/mol. The molecule has 90 valence electrons. The zero-order valence-electron chi connectivity index (χ0n) is 9.28. The highest BCUT2D eigenvalue weighted by molar-refractivity contribution is 7.99. The molecule has 0 saturated heterocycles. The summed E-state index contributed by atoms with van der Waals surface area (Å²) in [5.74, 6) is 0.0182. The van der Waals surface area contributed by atoms with Gasteiger partial charge in [0.05, 0.1) is 17.5 Å². The number of aryl methyl sites for hydroxylation is 2. The van der Waals surface area contributed by atoms with Gasteiger partial charge in [-0.3, -0.25) is 4.68 Å². The molecule has 3 N–H and O–H groups in total. The summed E-state index contributed by atoms with van der Waals surface area (Å²) in [6.45, 7) is 1.78. The Bertz CT molecular complexity index is 546. The van der Waals surface area contributed by atoms with Gasteiger partial charge in [0.15, 0.2) is 5.84 Å². The molecule has 0 bridgehead atoms. The van der Waals surface area contributed by atoms with Crippen molar-refractivity contribution in [2.75, 3.05) is 0 Å². The van der Waals surface area contributed by atoms with Gasteiger partial charge in [-0.1, -0.05) is 5.16 Å². The van der Waals surface area contributed by atoms with E-state index in [1.807, 2.05) is 0 Å². The highest BCUT2D eigenvalue weighted by Crippen LogP contribution is 2.30. The molecule has 0 radical (unpaired) electrons. The molecule has 0 aromatic carbocycles. The third-order valence-electron chi connectivity index (χ3n) is 2.13. The number of oxazole rings is 1. The maximum absolute atomic E-state index is 8.75. The van der Waals surface area contributed by atoms with Crippen LogP contribution in [0.1, 0.15) is 11.3 Å². The van der Waals surface area contributed by atoms with Crippen molar-refractivity contribution in [3.05, 3.63) is 23.7 Å². The van der Waals surface area contributed by atoms with Gasteiger partial charge in [0.2, 0.25) is 0 Å². The SMILES string of the molecule is Cc1nn(C)c(Sc2ncco2)c1/C(N)=N/O. The molecular weight excluding hydrogens is 242 g/mol. The molecule has 8 heteroatoms. The van der Waals surface area contributed by atoms with E-state index >= 15 is 0 Å². The lowest BCUT2D eigenvalue weighted by Crippen LogP contribution is -2.14. The minimum Gasteiger partial charge on any atom is -0.440 e. The van der Waals surface area contributed by atoms with Crippen LogP contribution in [0.3, 0.4) is 0 Å². The second-order valence-electron chi connectivity index (χ2n) is 3.27. The van der Waals surface area contributed by atoms with Crippen molar-refractivity contribution in [3.63, 3.8) is 0 Å². The molecule has 0 fully saturated rings. The summed E-state index contributed by atoms with van der Waals surface area (Å²) in [4.78, 5) is 4.00. The van der Waals surface area contributed by atoms with Gasteiger partial charge in [-0.2, -0.15) is 5.10 Å². The molecule has 2 aromatic heterocycles. The maximum atomic E-state index is 8.75. The lowest BCUT2D eigenvalue weighted by atomic mass is 10.2. The summed E-state index contributed by atoms with van der Waals surface area (Å²) >= 11 is 1.26. The Labute approximate surface area is 101 Å². The maximum Gasteiger partial charge on any atom is 0.261 e. The van der Waals surface area contributed by atoms with E-state index in [4.69, 9.17) is 15.4 Å². The van der Waals surface area contributed by atoms with E-state index in [9.17, 15) is 0 Å². The molecule has 7 nitrogen and oxygen atoms in total. The first-order valence-electron chi connectivity index (χ1n) is 4.72. The number of amidine groups is 1. The van der Waals surface area contributed by atoms with Gasteiger partial charge < -0.3 is 15.4 Å². The van der Waals surface area contributed by atoms with Crippen LogP contribution >= 0.6 is 11.8 Å². The van der Waals surface area contributed by atoms with Crippen molar-refractivity contribution in [1.82, 2.24) is 14.8 Å². The Morgan fingerprint density at radius 2 is 2.41 bits per heavy atom. The molecule has 0 spiro atoms. The lowest BCUT2D eigenvalue weighted by Gasteiger charge is -2.01.